The zero-order chi connectivity index (χ0) is 33.9. The summed E-state index contributed by atoms with van der Waals surface area (Å²) in [5.74, 6) is 1.48. The minimum Gasteiger partial charge on any atom is -0.308 e. The van der Waals surface area contributed by atoms with Crippen molar-refractivity contribution in [3.63, 3.8) is 0 Å². The maximum absolute atomic E-state index is 14.4. The zero-order valence-electron chi connectivity index (χ0n) is 27.2. The number of hydrogen-bond donors (Lipinski definition) is 0. The van der Waals surface area contributed by atoms with E-state index < -0.39 is 0 Å². The molecule has 240 valence electrons. The Balaban J connectivity index is 1.28. The highest BCUT2D eigenvalue weighted by molar-refractivity contribution is 7.26. The number of fused-ring (bicyclic) bond motifs is 7. The first-order valence-electron chi connectivity index (χ1n) is 16.8. The summed E-state index contributed by atoms with van der Waals surface area (Å²) < 4.78 is 19.3. The third-order valence-corrected chi connectivity index (χ3v) is 10.7. The van der Waals surface area contributed by atoms with Crippen LogP contribution in [0.4, 0.5) is 4.39 Å². The van der Waals surface area contributed by atoms with Gasteiger partial charge < -0.3 is 4.57 Å². The summed E-state index contributed by atoms with van der Waals surface area (Å²) in [4.78, 5) is 14.9. The molecule has 51 heavy (non-hydrogen) atoms. The van der Waals surface area contributed by atoms with Gasteiger partial charge in [-0.2, -0.15) is 0 Å². The van der Waals surface area contributed by atoms with E-state index in [0.29, 0.717) is 17.5 Å². The molecule has 10 rings (SSSR count). The van der Waals surface area contributed by atoms with Crippen molar-refractivity contribution in [3.05, 3.63) is 170 Å². The van der Waals surface area contributed by atoms with Crippen LogP contribution in [-0.4, -0.2) is 19.5 Å². The first-order valence-corrected chi connectivity index (χ1v) is 17.6. The van der Waals surface area contributed by atoms with Gasteiger partial charge in [0.2, 0.25) is 0 Å². The molecule has 0 amide bonds. The van der Waals surface area contributed by atoms with Gasteiger partial charge in [0.1, 0.15) is 5.82 Å². The molecule has 0 aliphatic heterocycles. The molecule has 0 unspecified atom stereocenters. The summed E-state index contributed by atoms with van der Waals surface area (Å²) in [5, 5.41) is 4.83. The van der Waals surface area contributed by atoms with E-state index in [1.807, 2.05) is 84.1 Å². The molecule has 0 spiro atoms. The second kappa shape index (κ2) is 11.8. The lowest BCUT2D eigenvalue weighted by Crippen LogP contribution is -2.02. The molecular formula is C45H27FN4S. The number of rotatable bonds is 5. The van der Waals surface area contributed by atoms with Crippen molar-refractivity contribution < 1.29 is 4.39 Å². The monoisotopic (exact) mass is 674 g/mol. The fraction of sp³-hybridized carbons (Fsp3) is 0. The van der Waals surface area contributed by atoms with Crippen molar-refractivity contribution >= 4 is 53.3 Å². The molecule has 0 atom stereocenters. The van der Waals surface area contributed by atoms with Crippen LogP contribution in [0.15, 0.2) is 164 Å². The molecule has 0 N–H and O–H groups in total. The van der Waals surface area contributed by atoms with E-state index in [9.17, 15) is 4.39 Å². The van der Waals surface area contributed by atoms with E-state index >= 15 is 0 Å². The molecule has 0 aliphatic carbocycles. The number of hydrogen-bond acceptors (Lipinski definition) is 4. The number of aromatic nitrogens is 4. The molecule has 4 nitrogen and oxygen atoms in total. The molecule has 10 aromatic rings. The van der Waals surface area contributed by atoms with Gasteiger partial charge >= 0.3 is 0 Å². The fourth-order valence-corrected chi connectivity index (χ4v) is 8.29. The Kier molecular flexibility index (Phi) is 6.82. The van der Waals surface area contributed by atoms with E-state index in [1.54, 1.807) is 0 Å². The van der Waals surface area contributed by atoms with E-state index in [4.69, 9.17) is 15.0 Å². The summed E-state index contributed by atoms with van der Waals surface area (Å²) >= 11 is 1.81. The number of thiophene rings is 1. The van der Waals surface area contributed by atoms with Crippen LogP contribution in [0.2, 0.25) is 0 Å². The normalized spacial score (nSPS) is 11.6. The molecule has 6 heteroatoms. The van der Waals surface area contributed by atoms with Crippen molar-refractivity contribution in [1.29, 1.82) is 0 Å². The molecule has 0 bridgehead atoms. The average Bonchev–Trinajstić information content (AvgIpc) is 3.74. The number of benzene rings is 7. The Bertz CT molecular complexity index is 2860. The molecule has 0 aliphatic rings. The molecule has 0 radical (unpaired) electrons. The van der Waals surface area contributed by atoms with Gasteiger partial charge in [-0.05, 0) is 54.1 Å². The van der Waals surface area contributed by atoms with Crippen LogP contribution < -0.4 is 0 Å². The van der Waals surface area contributed by atoms with Gasteiger partial charge in [-0.3, -0.25) is 0 Å². The molecule has 3 heterocycles. The Hall–Kier alpha value is -6.50. The quantitative estimate of drug-likeness (QED) is 0.182. The molecular weight excluding hydrogens is 648 g/mol. The topological polar surface area (TPSA) is 43.6 Å². The first-order chi connectivity index (χ1) is 25.2. The van der Waals surface area contributed by atoms with Crippen LogP contribution in [0, 0.1) is 5.82 Å². The summed E-state index contributed by atoms with van der Waals surface area (Å²) in [6.45, 7) is 0. The Labute approximate surface area is 296 Å². The third-order valence-electron chi connectivity index (χ3n) is 9.53. The Morgan fingerprint density at radius 2 is 1.04 bits per heavy atom. The fourth-order valence-electron chi connectivity index (χ4n) is 7.18. The second-order valence-corrected chi connectivity index (χ2v) is 13.6. The SMILES string of the molecule is Fc1ccc(-c2cc(-c3nc(-c4ccccc4)nc(-c4ccccc4)n3)ccc2-n2c3ccccc3c3ccc4sc5ccccc5c4c32)cc1. The van der Waals surface area contributed by atoms with Gasteiger partial charge in [0.15, 0.2) is 17.5 Å². The number of para-hydroxylation sites is 1. The standard InChI is InChI=1S/C45H27FN4S/c46-32-22-19-28(20-23-32)36-27-31(45-48-43(29-11-3-1-4-12-29)47-44(49-45)30-13-5-2-6-14-30)21-25-38(36)50-37-17-9-7-15-33(37)34-24-26-40-41(42(34)50)35-16-8-10-18-39(35)51-40/h1-27H. The van der Waals surface area contributed by atoms with Crippen LogP contribution >= 0.6 is 11.3 Å². The highest BCUT2D eigenvalue weighted by Crippen LogP contribution is 2.44. The van der Waals surface area contributed by atoms with Crippen molar-refractivity contribution in [1.82, 2.24) is 19.5 Å². The average molecular weight is 675 g/mol. The van der Waals surface area contributed by atoms with Crippen LogP contribution in [0.1, 0.15) is 0 Å². The van der Waals surface area contributed by atoms with E-state index in [-0.39, 0.29) is 5.82 Å². The summed E-state index contributed by atoms with van der Waals surface area (Å²) in [7, 11) is 0. The molecule has 0 saturated heterocycles. The molecule has 7 aromatic carbocycles. The van der Waals surface area contributed by atoms with Gasteiger partial charge in [-0.1, -0.05) is 115 Å². The number of nitrogens with zero attached hydrogens (tertiary/aromatic N) is 4. The van der Waals surface area contributed by atoms with E-state index in [0.717, 1.165) is 44.5 Å². The van der Waals surface area contributed by atoms with Gasteiger partial charge in [0.25, 0.3) is 0 Å². The van der Waals surface area contributed by atoms with Gasteiger partial charge in [-0.15, -0.1) is 11.3 Å². The third kappa shape index (κ3) is 4.91. The van der Waals surface area contributed by atoms with Crippen LogP contribution in [-0.2, 0) is 0 Å². The largest absolute Gasteiger partial charge is 0.308 e. The lowest BCUT2D eigenvalue weighted by atomic mass is 9.99. The lowest BCUT2D eigenvalue weighted by molar-refractivity contribution is 0.628. The second-order valence-electron chi connectivity index (χ2n) is 12.6. The maximum atomic E-state index is 14.4. The van der Waals surface area contributed by atoms with Crippen molar-refractivity contribution in [2.24, 2.45) is 0 Å². The zero-order valence-corrected chi connectivity index (χ0v) is 28.0. The lowest BCUT2D eigenvalue weighted by Gasteiger charge is -2.17. The summed E-state index contributed by atoms with van der Waals surface area (Å²) in [5.41, 5.74) is 7.72. The van der Waals surface area contributed by atoms with Crippen molar-refractivity contribution in [2.45, 2.75) is 0 Å². The minimum atomic E-state index is -0.280. The van der Waals surface area contributed by atoms with Crippen LogP contribution in [0.5, 0.6) is 0 Å². The highest BCUT2D eigenvalue weighted by Gasteiger charge is 2.21. The first kappa shape index (κ1) is 29.4. The molecule has 0 saturated carbocycles. The summed E-state index contributed by atoms with van der Waals surface area (Å²) in [6.07, 6.45) is 0. The van der Waals surface area contributed by atoms with Crippen molar-refractivity contribution in [2.75, 3.05) is 0 Å². The minimum absolute atomic E-state index is 0.280. The van der Waals surface area contributed by atoms with Crippen molar-refractivity contribution in [3.8, 4) is 51.0 Å². The predicted molar refractivity (Wildman–Crippen MR) is 209 cm³/mol. The molecule has 3 aromatic heterocycles. The smallest absolute Gasteiger partial charge is 0.164 e. The molecule has 0 fully saturated rings. The maximum Gasteiger partial charge on any atom is 0.164 e. The highest BCUT2D eigenvalue weighted by atomic mass is 32.1. The number of halogens is 1. The predicted octanol–water partition coefficient (Wildman–Crippen LogP) is 12.1. The Morgan fingerprint density at radius 1 is 0.451 bits per heavy atom. The van der Waals surface area contributed by atoms with Gasteiger partial charge in [-0.25, -0.2) is 19.3 Å². The van der Waals surface area contributed by atoms with Crippen LogP contribution in [0.25, 0.3) is 93.0 Å². The van der Waals surface area contributed by atoms with E-state index in [2.05, 4.69) is 83.4 Å². The van der Waals surface area contributed by atoms with Gasteiger partial charge in [0.05, 0.1) is 16.7 Å². The Morgan fingerprint density at radius 3 is 1.75 bits per heavy atom. The van der Waals surface area contributed by atoms with E-state index in [1.165, 1.54) is 43.1 Å². The summed E-state index contributed by atoms with van der Waals surface area (Å²) in [6, 6.07) is 54.8. The van der Waals surface area contributed by atoms with Crippen LogP contribution in [0.3, 0.4) is 0 Å². The van der Waals surface area contributed by atoms with Gasteiger partial charge in [0, 0.05) is 53.2 Å².